The highest BCUT2D eigenvalue weighted by Gasteiger charge is 2.20. The number of halogens is 2. The van der Waals surface area contributed by atoms with Gasteiger partial charge in [-0.15, -0.1) is 0 Å². The standard InChI is InChI=1S/C17H20F2N4O/c18-14-3-4-15(19)13(6-14)8-20-16-7-17(22-11-21-16)23-5-1-2-12(9-23)10-24/h3-4,6-7,11-12,24H,1-2,5,8-10H2,(H,20,21,22)/t12-/m1/s1. The average Bonchev–Trinajstić information content (AvgIpc) is 2.63. The number of benzene rings is 1. The van der Waals surface area contributed by atoms with Crippen LogP contribution in [0.25, 0.3) is 0 Å². The summed E-state index contributed by atoms with van der Waals surface area (Å²) >= 11 is 0. The predicted molar refractivity (Wildman–Crippen MR) is 87.7 cm³/mol. The van der Waals surface area contributed by atoms with Crippen LogP contribution >= 0.6 is 0 Å². The molecule has 1 aliphatic heterocycles. The molecule has 0 unspecified atom stereocenters. The van der Waals surface area contributed by atoms with Crippen molar-refractivity contribution in [2.24, 2.45) is 5.92 Å². The summed E-state index contributed by atoms with van der Waals surface area (Å²) in [6, 6.07) is 5.16. The smallest absolute Gasteiger partial charge is 0.134 e. The molecule has 128 valence electrons. The summed E-state index contributed by atoms with van der Waals surface area (Å²) in [5.41, 5.74) is 0.244. The Balaban J connectivity index is 1.68. The van der Waals surface area contributed by atoms with Crippen LogP contribution in [0.3, 0.4) is 0 Å². The second-order valence-electron chi connectivity index (χ2n) is 5.99. The molecule has 1 aromatic heterocycles. The summed E-state index contributed by atoms with van der Waals surface area (Å²) < 4.78 is 26.9. The Kier molecular flexibility index (Phi) is 5.20. The van der Waals surface area contributed by atoms with Gasteiger partial charge in [0.05, 0.1) is 0 Å². The van der Waals surface area contributed by atoms with Gasteiger partial charge in [0.25, 0.3) is 0 Å². The van der Waals surface area contributed by atoms with Gasteiger partial charge < -0.3 is 15.3 Å². The van der Waals surface area contributed by atoms with Crippen molar-refractivity contribution >= 4 is 11.6 Å². The Morgan fingerprint density at radius 3 is 2.96 bits per heavy atom. The number of hydrogen-bond acceptors (Lipinski definition) is 5. The molecule has 1 aliphatic rings. The molecule has 0 amide bonds. The van der Waals surface area contributed by atoms with Crippen LogP contribution in [0.15, 0.2) is 30.6 Å². The molecule has 1 aromatic carbocycles. The molecule has 24 heavy (non-hydrogen) atoms. The Labute approximate surface area is 139 Å². The fourth-order valence-electron chi connectivity index (χ4n) is 2.90. The Morgan fingerprint density at radius 1 is 1.25 bits per heavy atom. The topological polar surface area (TPSA) is 61.3 Å². The van der Waals surface area contributed by atoms with Crippen LogP contribution in [-0.4, -0.2) is 34.8 Å². The molecular weight excluding hydrogens is 314 g/mol. The lowest BCUT2D eigenvalue weighted by Gasteiger charge is -2.32. The first-order valence-corrected chi connectivity index (χ1v) is 8.01. The molecule has 2 aromatic rings. The summed E-state index contributed by atoms with van der Waals surface area (Å²) in [5.74, 6) is 0.645. The largest absolute Gasteiger partial charge is 0.396 e. The number of rotatable bonds is 5. The van der Waals surface area contributed by atoms with E-state index in [9.17, 15) is 13.9 Å². The minimum atomic E-state index is -0.472. The van der Waals surface area contributed by atoms with Crippen molar-refractivity contribution in [3.63, 3.8) is 0 Å². The third kappa shape index (κ3) is 3.97. The molecule has 0 saturated carbocycles. The maximum atomic E-state index is 13.7. The molecule has 0 radical (unpaired) electrons. The molecule has 2 N–H and O–H groups in total. The zero-order chi connectivity index (χ0) is 16.9. The number of aromatic nitrogens is 2. The van der Waals surface area contributed by atoms with Crippen molar-refractivity contribution in [2.75, 3.05) is 29.9 Å². The van der Waals surface area contributed by atoms with E-state index in [1.807, 2.05) is 0 Å². The van der Waals surface area contributed by atoms with Crippen LogP contribution in [0.4, 0.5) is 20.4 Å². The number of nitrogens with one attached hydrogen (secondary N) is 1. The maximum absolute atomic E-state index is 13.7. The van der Waals surface area contributed by atoms with Gasteiger partial charge in [-0.1, -0.05) is 0 Å². The second kappa shape index (κ2) is 7.53. The quantitative estimate of drug-likeness (QED) is 0.880. The van der Waals surface area contributed by atoms with Gasteiger partial charge in [0, 0.05) is 37.9 Å². The van der Waals surface area contributed by atoms with Gasteiger partial charge in [-0.05, 0) is 37.0 Å². The van der Waals surface area contributed by atoms with E-state index in [4.69, 9.17) is 0 Å². The van der Waals surface area contributed by atoms with Gasteiger partial charge in [-0.3, -0.25) is 0 Å². The summed E-state index contributed by atoms with van der Waals surface area (Å²) in [4.78, 5) is 10.5. The predicted octanol–water partition coefficient (Wildman–Crippen LogP) is 2.58. The van der Waals surface area contributed by atoms with Gasteiger partial charge in [0.15, 0.2) is 0 Å². The van der Waals surface area contributed by atoms with Crippen molar-refractivity contribution < 1.29 is 13.9 Å². The lowest BCUT2D eigenvalue weighted by atomic mass is 9.99. The van der Waals surface area contributed by atoms with Crippen molar-refractivity contribution in [1.82, 2.24) is 9.97 Å². The minimum Gasteiger partial charge on any atom is -0.396 e. The van der Waals surface area contributed by atoms with Crippen molar-refractivity contribution in [2.45, 2.75) is 19.4 Å². The fourth-order valence-corrected chi connectivity index (χ4v) is 2.90. The first-order chi connectivity index (χ1) is 11.7. The monoisotopic (exact) mass is 334 g/mol. The molecule has 2 heterocycles. The third-order valence-corrected chi connectivity index (χ3v) is 4.22. The van der Waals surface area contributed by atoms with E-state index in [0.717, 1.165) is 43.9 Å². The molecule has 1 fully saturated rings. The molecule has 1 saturated heterocycles. The Morgan fingerprint density at radius 2 is 2.12 bits per heavy atom. The van der Waals surface area contributed by atoms with Crippen LogP contribution in [-0.2, 0) is 6.54 Å². The first kappa shape index (κ1) is 16.6. The zero-order valence-electron chi connectivity index (χ0n) is 13.3. The van der Waals surface area contributed by atoms with Crippen molar-refractivity contribution in [3.8, 4) is 0 Å². The van der Waals surface area contributed by atoms with E-state index < -0.39 is 11.6 Å². The molecule has 0 bridgehead atoms. The van der Waals surface area contributed by atoms with Crippen LogP contribution in [0.1, 0.15) is 18.4 Å². The van der Waals surface area contributed by atoms with E-state index in [0.29, 0.717) is 5.82 Å². The van der Waals surface area contributed by atoms with E-state index in [1.165, 1.54) is 12.4 Å². The summed E-state index contributed by atoms with van der Waals surface area (Å²) in [7, 11) is 0. The molecule has 5 nitrogen and oxygen atoms in total. The van der Waals surface area contributed by atoms with Gasteiger partial charge in [0.2, 0.25) is 0 Å². The van der Waals surface area contributed by atoms with Gasteiger partial charge in [-0.25, -0.2) is 18.7 Å². The SMILES string of the molecule is OC[C@@H]1CCCN(c2cc(NCc3cc(F)ccc3F)ncn2)C1. The number of piperidine rings is 1. The third-order valence-electron chi connectivity index (χ3n) is 4.22. The van der Waals surface area contributed by atoms with Crippen LogP contribution < -0.4 is 10.2 Å². The minimum absolute atomic E-state index is 0.138. The van der Waals surface area contributed by atoms with Gasteiger partial charge in [0.1, 0.15) is 29.6 Å². The molecule has 3 rings (SSSR count). The lowest BCUT2D eigenvalue weighted by Crippen LogP contribution is -2.37. The normalized spacial score (nSPS) is 17.8. The zero-order valence-corrected chi connectivity index (χ0v) is 13.3. The van der Waals surface area contributed by atoms with Gasteiger partial charge in [-0.2, -0.15) is 0 Å². The highest BCUT2D eigenvalue weighted by atomic mass is 19.1. The summed E-state index contributed by atoms with van der Waals surface area (Å²) in [5, 5.41) is 12.3. The van der Waals surface area contributed by atoms with E-state index in [2.05, 4.69) is 20.2 Å². The van der Waals surface area contributed by atoms with Crippen molar-refractivity contribution in [3.05, 3.63) is 47.8 Å². The summed E-state index contributed by atoms with van der Waals surface area (Å²) in [6.07, 6.45) is 3.47. The van der Waals surface area contributed by atoms with Crippen LogP contribution in [0, 0.1) is 17.6 Å². The molecule has 0 spiro atoms. The van der Waals surface area contributed by atoms with E-state index in [-0.39, 0.29) is 24.6 Å². The number of aliphatic hydroxyl groups is 1. The second-order valence-corrected chi connectivity index (χ2v) is 5.99. The number of anilines is 2. The van der Waals surface area contributed by atoms with Crippen LogP contribution in [0.5, 0.6) is 0 Å². The van der Waals surface area contributed by atoms with Crippen molar-refractivity contribution in [1.29, 1.82) is 0 Å². The number of aliphatic hydroxyl groups excluding tert-OH is 1. The average molecular weight is 334 g/mol. The molecule has 0 aliphatic carbocycles. The fraction of sp³-hybridized carbons (Fsp3) is 0.412. The Bertz CT molecular complexity index is 698. The van der Waals surface area contributed by atoms with E-state index >= 15 is 0 Å². The van der Waals surface area contributed by atoms with Crippen LogP contribution in [0.2, 0.25) is 0 Å². The number of nitrogens with zero attached hydrogens (tertiary/aromatic N) is 3. The van der Waals surface area contributed by atoms with E-state index in [1.54, 1.807) is 6.07 Å². The lowest BCUT2D eigenvalue weighted by molar-refractivity contribution is 0.208. The van der Waals surface area contributed by atoms with Gasteiger partial charge >= 0.3 is 0 Å². The highest BCUT2D eigenvalue weighted by Crippen LogP contribution is 2.22. The molecule has 1 atom stereocenters. The maximum Gasteiger partial charge on any atom is 0.134 e. The highest BCUT2D eigenvalue weighted by molar-refractivity contribution is 5.49. The molecular formula is C17H20F2N4O. The molecule has 7 heteroatoms. The summed E-state index contributed by atoms with van der Waals surface area (Å²) in [6.45, 7) is 1.95. The Hall–Kier alpha value is -2.28. The number of hydrogen-bond donors (Lipinski definition) is 2. The first-order valence-electron chi connectivity index (χ1n) is 8.01.